The van der Waals surface area contributed by atoms with Crippen LogP contribution < -0.4 is 15.4 Å². The second kappa shape index (κ2) is 13.6. The summed E-state index contributed by atoms with van der Waals surface area (Å²) in [5.41, 5.74) is 8.43. The number of likely N-dealkylation sites (N-methyl/N-ethyl adjacent to an activating group) is 1. The molecule has 1 aromatic heterocycles. The summed E-state index contributed by atoms with van der Waals surface area (Å²) >= 11 is 1.14. The number of methoxy groups -OCH3 is 2. The SMILES string of the molecule is COCCOc1cc2c(cc1-c1cc(N)c(C(=O)OC)s1)S(=O)(=O)N(C)[C@H](C1CCCCC1)CN2c1ccccc1.Cl. The molecule has 0 spiro atoms. The van der Waals surface area contributed by atoms with Crippen molar-refractivity contribution in [3.8, 4) is 16.2 Å². The van der Waals surface area contributed by atoms with Gasteiger partial charge in [0.05, 0.1) is 25.1 Å². The number of thiophene rings is 1. The molecule has 1 atom stereocenters. The number of fused-ring (bicyclic) bond motifs is 1. The van der Waals surface area contributed by atoms with Crippen molar-refractivity contribution >= 4 is 56.8 Å². The van der Waals surface area contributed by atoms with Gasteiger partial charge in [-0.2, -0.15) is 4.31 Å². The summed E-state index contributed by atoms with van der Waals surface area (Å²) in [6.45, 7) is 1.13. The molecule has 1 saturated carbocycles. The van der Waals surface area contributed by atoms with Crippen LogP contribution in [0.15, 0.2) is 53.4 Å². The number of hydrogen-bond acceptors (Lipinski definition) is 9. The van der Waals surface area contributed by atoms with E-state index in [0.717, 1.165) is 42.7 Å². The summed E-state index contributed by atoms with van der Waals surface area (Å²) < 4.78 is 46.6. The standard InChI is InChI=1S/C30H37N3O6S2.ClH/c1-32-25(20-10-6-4-7-11-20)19-33(21-12-8-5-9-13-21)24-18-26(39-15-14-37-2)22(16-28(24)41(32,35)36)27-17-23(31)29(40-27)30(34)38-3;/h5,8-9,12-13,16-18,20,25H,4,6-7,10-11,14-15,19,31H2,1-3H3;1H/t25-;/m0./s1. The first-order valence-electron chi connectivity index (χ1n) is 13.8. The third-order valence-corrected chi connectivity index (χ3v) is 11.1. The van der Waals surface area contributed by atoms with Crippen LogP contribution in [0.5, 0.6) is 5.75 Å². The molecular formula is C30H38ClN3O6S2. The van der Waals surface area contributed by atoms with Crippen molar-refractivity contribution in [2.24, 2.45) is 5.92 Å². The number of ether oxygens (including phenoxy) is 3. The Labute approximate surface area is 258 Å². The molecule has 42 heavy (non-hydrogen) atoms. The largest absolute Gasteiger partial charge is 0.490 e. The molecule has 1 fully saturated rings. The monoisotopic (exact) mass is 635 g/mol. The fourth-order valence-corrected chi connectivity index (χ4v) is 8.48. The molecular weight excluding hydrogens is 598 g/mol. The Morgan fingerprint density at radius 2 is 1.76 bits per heavy atom. The van der Waals surface area contributed by atoms with Crippen LogP contribution in [-0.2, 0) is 19.5 Å². The number of esters is 1. The van der Waals surface area contributed by atoms with Crippen LogP contribution in [0.3, 0.4) is 0 Å². The van der Waals surface area contributed by atoms with E-state index >= 15 is 0 Å². The molecule has 2 N–H and O–H groups in total. The van der Waals surface area contributed by atoms with E-state index in [4.69, 9.17) is 19.9 Å². The van der Waals surface area contributed by atoms with Crippen molar-refractivity contribution in [3.63, 3.8) is 0 Å². The summed E-state index contributed by atoms with van der Waals surface area (Å²) in [4.78, 5) is 15.5. The molecule has 2 aliphatic rings. The number of para-hydroxylation sites is 1. The number of nitrogen functional groups attached to an aromatic ring is 1. The van der Waals surface area contributed by atoms with Gasteiger partial charge in [-0.3, -0.25) is 0 Å². The van der Waals surface area contributed by atoms with Crippen molar-refractivity contribution in [1.82, 2.24) is 4.31 Å². The van der Waals surface area contributed by atoms with Gasteiger partial charge in [0.25, 0.3) is 0 Å². The fourth-order valence-electron chi connectivity index (χ4n) is 5.85. The first-order chi connectivity index (χ1) is 19.8. The van der Waals surface area contributed by atoms with Gasteiger partial charge in [-0.1, -0.05) is 37.5 Å². The van der Waals surface area contributed by atoms with Crippen LogP contribution in [0.4, 0.5) is 17.1 Å². The van der Waals surface area contributed by atoms with Gasteiger partial charge in [0.2, 0.25) is 10.0 Å². The third-order valence-electron chi connectivity index (χ3n) is 8.05. The van der Waals surface area contributed by atoms with E-state index in [1.54, 1.807) is 36.7 Å². The number of sulfonamides is 1. The molecule has 3 aromatic rings. The summed E-state index contributed by atoms with van der Waals surface area (Å²) in [7, 11) is 0.692. The zero-order valence-electron chi connectivity index (χ0n) is 24.1. The van der Waals surface area contributed by atoms with Gasteiger partial charge in [0, 0.05) is 48.9 Å². The number of rotatable bonds is 8. The molecule has 0 radical (unpaired) electrons. The Balaban J connectivity index is 0.00000405. The third kappa shape index (κ3) is 6.26. The van der Waals surface area contributed by atoms with Crippen molar-refractivity contribution < 1.29 is 27.4 Å². The maximum absolute atomic E-state index is 14.4. The number of nitrogens with zero attached hydrogens (tertiary/aromatic N) is 2. The summed E-state index contributed by atoms with van der Waals surface area (Å²) in [5.74, 6) is 0.197. The molecule has 5 rings (SSSR count). The molecule has 1 aliphatic carbocycles. The van der Waals surface area contributed by atoms with Gasteiger partial charge < -0.3 is 24.8 Å². The van der Waals surface area contributed by atoms with Crippen LogP contribution in [0.2, 0.25) is 0 Å². The molecule has 0 unspecified atom stereocenters. The average molecular weight is 636 g/mol. The van der Waals surface area contributed by atoms with Crippen LogP contribution >= 0.6 is 23.7 Å². The van der Waals surface area contributed by atoms with E-state index in [1.165, 1.54) is 13.5 Å². The van der Waals surface area contributed by atoms with Crippen LogP contribution in [0.1, 0.15) is 41.8 Å². The number of anilines is 3. The van der Waals surface area contributed by atoms with E-state index in [9.17, 15) is 13.2 Å². The van der Waals surface area contributed by atoms with Gasteiger partial charge in [0.1, 0.15) is 22.1 Å². The van der Waals surface area contributed by atoms with Crippen LogP contribution in [0.25, 0.3) is 10.4 Å². The smallest absolute Gasteiger partial charge is 0.350 e. The van der Waals surface area contributed by atoms with E-state index < -0.39 is 16.0 Å². The molecule has 0 saturated heterocycles. The normalized spacial score (nSPS) is 18.9. The van der Waals surface area contributed by atoms with Crippen molar-refractivity contribution in [1.29, 1.82) is 0 Å². The van der Waals surface area contributed by atoms with Crippen LogP contribution in [-0.4, -0.2) is 65.8 Å². The highest BCUT2D eigenvalue weighted by molar-refractivity contribution is 7.89. The van der Waals surface area contributed by atoms with E-state index in [1.807, 2.05) is 30.3 Å². The van der Waals surface area contributed by atoms with Crippen LogP contribution in [0, 0.1) is 5.92 Å². The molecule has 12 heteroatoms. The van der Waals surface area contributed by atoms with Crippen molar-refractivity contribution in [3.05, 3.63) is 53.4 Å². The Morgan fingerprint density at radius 3 is 2.43 bits per heavy atom. The topological polar surface area (TPSA) is 111 Å². The molecule has 2 aromatic carbocycles. The highest BCUT2D eigenvalue weighted by Crippen LogP contribution is 2.47. The molecule has 1 aliphatic heterocycles. The minimum atomic E-state index is -3.90. The number of benzene rings is 2. The Kier molecular flexibility index (Phi) is 10.4. The number of nitrogens with two attached hydrogens (primary N) is 1. The predicted molar refractivity (Wildman–Crippen MR) is 169 cm³/mol. The number of carbonyl (C=O) groups excluding carboxylic acids is 1. The molecule has 0 amide bonds. The minimum Gasteiger partial charge on any atom is -0.490 e. The average Bonchev–Trinajstić information content (AvgIpc) is 3.35. The summed E-state index contributed by atoms with van der Waals surface area (Å²) in [5, 5.41) is 0. The molecule has 9 nitrogen and oxygen atoms in total. The minimum absolute atomic E-state index is 0. The first kappa shape index (κ1) is 32.1. The van der Waals surface area contributed by atoms with Gasteiger partial charge in [0.15, 0.2) is 0 Å². The summed E-state index contributed by atoms with van der Waals surface area (Å²) in [6, 6.07) is 14.8. The Morgan fingerprint density at radius 1 is 1.05 bits per heavy atom. The van der Waals surface area contributed by atoms with E-state index in [-0.39, 0.29) is 46.4 Å². The Hall–Kier alpha value is -2.83. The quantitative estimate of drug-likeness (QED) is 0.239. The Bertz CT molecular complexity index is 1490. The van der Waals surface area contributed by atoms with Gasteiger partial charge in [-0.25, -0.2) is 13.2 Å². The van der Waals surface area contributed by atoms with Crippen molar-refractivity contribution in [2.45, 2.75) is 43.0 Å². The summed E-state index contributed by atoms with van der Waals surface area (Å²) in [6.07, 6.45) is 5.41. The maximum Gasteiger partial charge on any atom is 0.350 e. The first-order valence-corrected chi connectivity index (χ1v) is 16.1. The number of hydrogen-bond donors (Lipinski definition) is 1. The second-order valence-electron chi connectivity index (χ2n) is 10.5. The van der Waals surface area contributed by atoms with E-state index in [0.29, 0.717) is 35.0 Å². The zero-order chi connectivity index (χ0) is 29.1. The van der Waals surface area contributed by atoms with Gasteiger partial charge in [-0.05, 0) is 43.0 Å². The maximum atomic E-state index is 14.4. The molecule has 0 bridgehead atoms. The fraction of sp³-hybridized carbons (Fsp3) is 0.433. The second-order valence-corrected chi connectivity index (χ2v) is 13.5. The molecule has 2 heterocycles. The lowest BCUT2D eigenvalue weighted by Crippen LogP contribution is -2.46. The van der Waals surface area contributed by atoms with E-state index in [2.05, 4.69) is 4.90 Å². The van der Waals surface area contributed by atoms with Crippen molar-refractivity contribution in [2.75, 3.05) is 51.7 Å². The lowest BCUT2D eigenvalue weighted by Gasteiger charge is -2.36. The lowest BCUT2D eigenvalue weighted by molar-refractivity contribution is 0.0607. The molecule has 228 valence electrons. The predicted octanol–water partition coefficient (Wildman–Crippen LogP) is 5.95. The number of halogens is 1. The van der Waals surface area contributed by atoms with Gasteiger partial charge in [-0.15, -0.1) is 23.7 Å². The lowest BCUT2D eigenvalue weighted by atomic mass is 9.83. The highest BCUT2D eigenvalue weighted by atomic mass is 35.5. The number of carbonyl (C=O) groups is 1. The van der Waals surface area contributed by atoms with Gasteiger partial charge >= 0.3 is 5.97 Å². The zero-order valence-corrected chi connectivity index (χ0v) is 26.5. The highest BCUT2D eigenvalue weighted by Gasteiger charge is 2.41.